The summed E-state index contributed by atoms with van der Waals surface area (Å²) in [5, 5.41) is 0. The van der Waals surface area contributed by atoms with Crippen molar-refractivity contribution in [2.45, 2.75) is 36.5 Å². The molecule has 0 aliphatic carbocycles. The lowest BCUT2D eigenvalue weighted by molar-refractivity contribution is -0.143. The predicted octanol–water partition coefficient (Wildman–Crippen LogP) is 3.29. The van der Waals surface area contributed by atoms with E-state index in [1.54, 1.807) is 0 Å². The second-order valence-electron chi connectivity index (χ2n) is 4.61. The molecule has 1 aliphatic heterocycles. The van der Waals surface area contributed by atoms with Gasteiger partial charge in [0.05, 0.1) is 17.2 Å². The number of thioether (sulfide) groups is 1. The summed E-state index contributed by atoms with van der Waals surface area (Å²) in [6, 6.07) is 8.35. The maximum Gasteiger partial charge on any atom is 0.305 e. The molecule has 1 aliphatic rings. The van der Waals surface area contributed by atoms with Crippen LogP contribution in [0.1, 0.15) is 26.7 Å². The molecule has 1 heterocycles. The van der Waals surface area contributed by atoms with Gasteiger partial charge in [0.1, 0.15) is 0 Å². The summed E-state index contributed by atoms with van der Waals surface area (Å²) in [6.07, 6.45) is 1.26. The fraction of sp³-hybridized carbons (Fsp3) is 0.500. The maximum absolute atomic E-state index is 11.5. The summed E-state index contributed by atoms with van der Waals surface area (Å²) in [7, 11) is 2.09. The van der Waals surface area contributed by atoms with Gasteiger partial charge in [0.25, 0.3) is 0 Å². The molecule has 3 nitrogen and oxygen atoms in total. The summed E-state index contributed by atoms with van der Waals surface area (Å²) < 4.78 is 4.99. The van der Waals surface area contributed by atoms with Gasteiger partial charge < -0.3 is 9.64 Å². The number of carbonyl (C=O) groups excluding carboxylic acids is 1. The highest BCUT2D eigenvalue weighted by atomic mass is 32.2. The van der Waals surface area contributed by atoms with Crippen LogP contribution in [0.5, 0.6) is 0 Å². The molecule has 0 amide bonds. The lowest BCUT2D eigenvalue weighted by atomic mass is 10.1. The molecule has 0 saturated carbocycles. The number of anilines is 1. The first-order valence-corrected chi connectivity index (χ1v) is 7.06. The molecular weight excluding hydrogens is 246 g/mol. The lowest BCUT2D eigenvalue weighted by Crippen LogP contribution is -2.37. The van der Waals surface area contributed by atoms with Crippen molar-refractivity contribution in [3.63, 3.8) is 0 Å². The number of nitrogens with zero attached hydrogens (tertiary/aromatic N) is 1. The molecule has 0 spiro atoms. The first kappa shape index (κ1) is 13.3. The third-order valence-corrected chi connectivity index (χ3v) is 4.85. The van der Waals surface area contributed by atoms with Gasteiger partial charge >= 0.3 is 5.97 Å². The van der Waals surface area contributed by atoms with Crippen LogP contribution < -0.4 is 4.90 Å². The minimum Gasteiger partial charge on any atom is -0.466 e. The summed E-state index contributed by atoms with van der Waals surface area (Å²) in [6.45, 7) is 4.47. The van der Waals surface area contributed by atoms with E-state index >= 15 is 0 Å². The Morgan fingerprint density at radius 2 is 2.17 bits per heavy atom. The average Bonchev–Trinajstić information content (AvgIpc) is 2.61. The van der Waals surface area contributed by atoms with E-state index in [2.05, 4.69) is 37.1 Å². The van der Waals surface area contributed by atoms with E-state index in [9.17, 15) is 4.79 Å². The third-order valence-electron chi connectivity index (χ3n) is 3.36. The SMILES string of the molecule is CCOC(=O)CCC1(C)Sc2ccccc2N1C. The van der Waals surface area contributed by atoms with Crippen LogP contribution >= 0.6 is 11.8 Å². The standard InChI is InChI=1S/C14H19NO2S/c1-4-17-13(16)9-10-14(2)15(3)11-7-5-6-8-12(11)18-14/h5-8H,4,9-10H2,1-3H3. The number of ether oxygens (including phenoxy) is 1. The van der Waals surface area contributed by atoms with E-state index in [1.807, 2.05) is 24.8 Å². The lowest BCUT2D eigenvalue weighted by Gasteiger charge is -2.32. The monoisotopic (exact) mass is 265 g/mol. The fourth-order valence-electron chi connectivity index (χ4n) is 2.17. The van der Waals surface area contributed by atoms with E-state index in [1.165, 1.54) is 10.6 Å². The summed E-state index contributed by atoms with van der Waals surface area (Å²) in [5.74, 6) is -0.108. The molecule has 0 N–H and O–H groups in total. The van der Waals surface area contributed by atoms with Crippen molar-refractivity contribution in [1.29, 1.82) is 0 Å². The zero-order valence-corrected chi connectivity index (χ0v) is 11.9. The Balaban J connectivity index is 2.04. The minimum absolute atomic E-state index is 0.0591. The Kier molecular flexibility index (Phi) is 3.85. The van der Waals surface area contributed by atoms with Gasteiger partial charge in [-0.1, -0.05) is 23.9 Å². The Morgan fingerprint density at radius 3 is 2.83 bits per heavy atom. The number of benzene rings is 1. The van der Waals surface area contributed by atoms with Gasteiger partial charge in [-0.25, -0.2) is 0 Å². The highest BCUT2D eigenvalue weighted by molar-refractivity contribution is 8.01. The summed E-state index contributed by atoms with van der Waals surface area (Å²) in [5.41, 5.74) is 1.24. The fourth-order valence-corrected chi connectivity index (χ4v) is 3.54. The molecule has 0 fully saturated rings. The topological polar surface area (TPSA) is 29.5 Å². The summed E-state index contributed by atoms with van der Waals surface area (Å²) >= 11 is 1.82. The van der Waals surface area contributed by atoms with Crippen molar-refractivity contribution in [3.8, 4) is 0 Å². The largest absolute Gasteiger partial charge is 0.466 e. The molecule has 1 unspecified atom stereocenters. The Bertz CT molecular complexity index is 449. The second-order valence-corrected chi connectivity index (χ2v) is 6.13. The van der Waals surface area contributed by atoms with E-state index < -0.39 is 0 Å². The Morgan fingerprint density at radius 1 is 1.44 bits per heavy atom. The summed E-state index contributed by atoms with van der Waals surface area (Å²) in [4.78, 5) is 15.0. The van der Waals surface area contributed by atoms with Crippen LogP contribution in [-0.4, -0.2) is 24.5 Å². The van der Waals surface area contributed by atoms with E-state index in [0.717, 1.165) is 6.42 Å². The van der Waals surface area contributed by atoms with Gasteiger partial charge in [-0.15, -0.1) is 0 Å². The number of carbonyl (C=O) groups is 1. The minimum atomic E-state index is -0.108. The van der Waals surface area contributed by atoms with Gasteiger partial charge in [0.15, 0.2) is 0 Å². The van der Waals surface area contributed by atoms with Crippen LogP contribution in [0.3, 0.4) is 0 Å². The van der Waals surface area contributed by atoms with Gasteiger partial charge in [-0.3, -0.25) is 4.79 Å². The van der Waals surface area contributed by atoms with E-state index in [4.69, 9.17) is 4.74 Å². The van der Waals surface area contributed by atoms with Gasteiger partial charge in [0.2, 0.25) is 0 Å². The van der Waals surface area contributed by atoms with Crippen LogP contribution in [0.4, 0.5) is 5.69 Å². The number of hydrogen-bond donors (Lipinski definition) is 0. The van der Waals surface area contributed by atoms with E-state index in [0.29, 0.717) is 13.0 Å². The normalized spacial score (nSPS) is 21.8. The molecule has 1 aromatic carbocycles. The third kappa shape index (κ3) is 2.48. The van der Waals surface area contributed by atoms with Gasteiger partial charge in [0, 0.05) is 18.4 Å². The molecule has 4 heteroatoms. The van der Waals surface area contributed by atoms with Gasteiger partial charge in [-0.05, 0) is 32.4 Å². The van der Waals surface area contributed by atoms with Crippen LogP contribution in [-0.2, 0) is 9.53 Å². The van der Waals surface area contributed by atoms with Crippen LogP contribution in [0, 0.1) is 0 Å². The molecule has 1 aromatic rings. The maximum atomic E-state index is 11.5. The molecule has 0 radical (unpaired) electrons. The molecule has 2 rings (SSSR count). The molecule has 18 heavy (non-hydrogen) atoms. The van der Waals surface area contributed by atoms with Crippen LogP contribution in [0.2, 0.25) is 0 Å². The molecule has 98 valence electrons. The first-order valence-electron chi connectivity index (χ1n) is 6.24. The van der Waals surface area contributed by atoms with Crippen molar-refractivity contribution < 1.29 is 9.53 Å². The number of para-hydroxylation sites is 1. The second kappa shape index (κ2) is 5.22. The van der Waals surface area contributed by atoms with E-state index in [-0.39, 0.29) is 10.8 Å². The average molecular weight is 265 g/mol. The smallest absolute Gasteiger partial charge is 0.305 e. The van der Waals surface area contributed by atoms with Crippen molar-refractivity contribution in [1.82, 2.24) is 0 Å². The molecular formula is C14H19NO2S. The molecule has 1 atom stereocenters. The zero-order valence-electron chi connectivity index (χ0n) is 11.1. The predicted molar refractivity (Wildman–Crippen MR) is 75.0 cm³/mol. The number of hydrogen-bond acceptors (Lipinski definition) is 4. The molecule has 0 saturated heterocycles. The molecule has 0 bridgehead atoms. The van der Waals surface area contributed by atoms with Gasteiger partial charge in [-0.2, -0.15) is 0 Å². The highest BCUT2D eigenvalue weighted by Crippen LogP contribution is 2.51. The number of fused-ring (bicyclic) bond motifs is 1. The number of esters is 1. The van der Waals surface area contributed by atoms with Crippen molar-refractivity contribution in [2.75, 3.05) is 18.6 Å². The van der Waals surface area contributed by atoms with Crippen molar-refractivity contribution in [3.05, 3.63) is 24.3 Å². The van der Waals surface area contributed by atoms with Crippen molar-refractivity contribution in [2.24, 2.45) is 0 Å². The first-order chi connectivity index (χ1) is 8.57. The molecule has 0 aromatic heterocycles. The van der Waals surface area contributed by atoms with Crippen LogP contribution in [0.25, 0.3) is 0 Å². The highest BCUT2D eigenvalue weighted by Gasteiger charge is 2.38. The zero-order chi connectivity index (χ0) is 13.2. The van der Waals surface area contributed by atoms with Crippen LogP contribution in [0.15, 0.2) is 29.2 Å². The van der Waals surface area contributed by atoms with Crippen molar-refractivity contribution >= 4 is 23.4 Å². The Hall–Kier alpha value is -1.16. The Labute approximate surface area is 113 Å². The quantitative estimate of drug-likeness (QED) is 0.781. The number of rotatable bonds is 4.